The van der Waals surface area contributed by atoms with E-state index in [9.17, 15) is 4.79 Å². The Kier molecular flexibility index (Phi) is 5.76. The summed E-state index contributed by atoms with van der Waals surface area (Å²) in [4.78, 5) is 22.0. The number of hydrogen-bond donors (Lipinski definition) is 0. The number of hydrogen-bond acceptors (Lipinski definition) is 6. The van der Waals surface area contributed by atoms with Gasteiger partial charge >= 0.3 is 0 Å². The molecule has 152 valence electrons. The Morgan fingerprint density at radius 1 is 1.14 bits per heavy atom. The third-order valence-corrected chi connectivity index (χ3v) is 6.23. The second-order valence-electron chi connectivity index (χ2n) is 7.21. The van der Waals surface area contributed by atoms with Gasteiger partial charge in [0.15, 0.2) is 16.6 Å². The van der Waals surface area contributed by atoms with E-state index in [-0.39, 0.29) is 5.91 Å². The van der Waals surface area contributed by atoms with Gasteiger partial charge in [-0.1, -0.05) is 39.4 Å². The molecule has 2 aromatic carbocycles. The Morgan fingerprint density at radius 2 is 1.86 bits per heavy atom. The SMILES string of the molecule is CC1Oc2ccccc2OC1C(=O)N(CCN(C)C)c1nc2ccc(Br)cc2s1. The quantitative estimate of drug-likeness (QED) is 0.553. The number of benzene rings is 2. The van der Waals surface area contributed by atoms with Crippen molar-refractivity contribution >= 4 is 48.5 Å². The van der Waals surface area contributed by atoms with Gasteiger partial charge in [-0.25, -0.2) is 4.98 Å². The molecule has 0 bridgehead atoms. The topological polar surface area (TPSA) is 54.9 Å². The molecule has 0 N–H and O–H groups in total. The molecule has 2 heterocycles. The lowest BCUT2D eigenvalue weighted by Crippen LogP contribution is -2.52. The summed E-state index contributed by atoms with van der Waals surface area (Å²) in [6.07, 6.45) is -1.13. The van der Waals surface area contributed by atoms with Gasteiger partial charge in [0.2, 0.25) is 6.10 Å². The molecule has 8 heteroatoms. The monoisotopic (exact) mass is 475 g/mol. The minimum absolute atomic E-state index is 0.146. The number of anilines is 1. The van der Waals surface area contributed by atoms with Crippen LogP contribution in [0.5, 0.6) is 11.5 Å². The van der Waals surface area contributed by atoms with Crippen molar-refractivity contribution < 1.29 is 14.3 Å². The molecule has 0 radical (unpaired) electrons. The lowest BCUT2D eigenvalue weighted by atomic mass is 10.1. The number of nitrogens with zero attached hydrogens (tertiary/aromatic N) is 3. The first-order valence-corrected chi connectivity index (χ1v) is 11.0. The summed E-state index contributed by atoms with van der Waals surface area (Å²) in [6.45, 7) is 3.09. The summed E-state index contributed by atoms with van der Waals surface area (Å²) in [6, 6.07) is 13.4. The molecule has 1 aromatic heterocycles. The maximum atomic E-state index is 13.5. The van der Waals surface area contributed by atoms with Gasteiger partial charge in [-0.3, -0.25) is 9.69 Å². The largest absolute Gasteiger partial charge is 0.482 e. The van der Waals surface area contributed by atoms with Gasteiger partial charge in [0.25, 0.3) is 5.91 Å². The Labute approximate surface area is 182 Å². The molecule has 0 aliphatic carbocycles. The highest BCUT2D eigenvalue weighted by Gasteiger charge is 2.38. The normalized spacial score (nSPS) is 18.2. The van der Waals surface area contributed by atoms with Crippen molar-refractivity contribution in [3.63, 3.8) is 0 Å². The predicted molar refractivity (Wildman–Crippen MR) is 119 cm³/mol. The summed E-state index contributed by atoms with van der Waals surface area (Å²) in [5, 5.41) is 0.666. The lowest BCUT2D eigenvalue weighted by Gasteiger charge is -2.34. The van der Waals surface area contributed by atoms with Gasteiger partial charge in [0, 0.05) is 17.6 Å². The molecule has 0 saturated heterocycles. The van der Waals surface area contributed by atoms with Crippen molar-refractivity contribution in [3.05, 3.63) is 46.9 Å². The minimum Gasteiger partial charge on any atom is -0.482 e. The van der Waals surface area contributed by atoms with Crippen molar-refractivity contribution in [1.29, 1.82) is 0 Å². The van der Waals surface area contributed by atoms with Crippen molar-refractivity contribution in [2.75, 3.05) is 32.1 Å². The fraction of sp³-hybridized carbons (Fsp3) is 0.333. The third kappa shape index (κ3) is 4.24. The van der Waals surface area contributed by atoms with Gasteiger partial charge in [-0.05, 0) is 51.4 Å². The molecular formula is C21H22BrN3O3S. The second-order valence-corrected chi connectivity index (χ2v) is 9.13. The van der Waals surface area contributed by atoms with Crippen LogP contribution in [-0.2, 0) is 4.79 Å². The Morgan fingerprint density at radius 3 is 2.59 bits per heavy atom. The maximum absolute atomic E-state index is 13.5. The maximum Gasteiger partial charge on any atom is 0.273 e. The van der Waals surface area contributed by atoms with Crippen molar-refractivity contribution in [2.24, 2.45) is 0 Å². The van der Waals surface area contributed by atoms with Crippen LogP contribution in [0.3, 0.4) is 0 Å². The summed E-state index contributed by atoms with van der Waals surface area (Å²) in [7, 11) is 3.97. The number of carbonyl (C=O) groups is 1. The van der Waals surface area contributed by atoms with Crippen LogP contribution >= 0.6 is 27.3 Å². The van der Waals surface area contributed by atoms with E-state index >= 15 is 0 Å². The number of rotatable bonds is 5. The highest BCUT2D eigenvalue weighted by Crippen LogP contribution is 2.36. The molecule has 1 aliphatic heterocycles. The highest BCUT2D eigenvalue weighted by molar-refractivity contribution is 9.10. The zero-order valence-corrected chi connectivity index (χ0v) is 18.9. The van der Waals surface area contributed by atoms with E-state index in [0.29, 0.717) is 29.7 Å². The van der Waals surface area contributed by atoms with Crippen LogP contribution < -0.4 is 14.4 Å². The van der Waals surface area contributed by atoms with Gasteiger partial charge in [0.05, 0.1) is 10.2 Å². The fourth-order valence-corrected chi connectivity index (χ4v) is 4.70. The minimum atomic E-state index is -0.731. The number of amides is 1. The van der Waals surface area contributed by atoms with Gasteiger partial charge in [-0.2, -0.15) is 0 Å². The summed E-state index contributed by atoms with van der Waals surface area (Å²) in [5.74, 6) is 1.10. The van der Waals surface area contributed by atoms with Crippen LogP contribution in [0, 0.1) is 0 Å². The number of likely N-dealkylation sites (N-methyl/N-ethyl adjacent to an activating group) is 1. The molecule has 1 aliphatic rings. The van der Waals surface area contributed by atoms with Crippen LogP contribution in [0.1, 0.15) is 6.92 Å². The van der Waals surface area contributed by atoms with E-state index < -0.39 is 12.2 Å². The number of thiazole rings is 1. The molecule has 6 nitrogen and oxygen atoms in total. The molecule has 0 fully saturated rings. The number of carbonyl (C=O) groups excluding carboxylic acids is 1. The number of halogens is 1. The molecule has 2 atom stereocenters. The molecule has 4 rings (SSSR count). The van der Waals surface area contributed by atoms with Crippen LogP contribution in [0.25, 0.3) is 10.2 Å². The zero-order valence-electron chi connectivity index (χ0n) is 16.5. The molecule has 0 spiro atoms. The van der Waals surface area contributed by atoms with E-state index in [0.717, 1.165) is 14.7 Å². The van der Waals surface area contributed by atoms with E-state index in [1.807, 2.05) is 68.4 Å². The number of ether oxygens (including phenoxy) is 2. The average molecular weight is 476 g/mol. The fourth-order valence-electron chi connectivity index (χ4n) is 3.15. The molecule has 29 heavy (non-hydrogen) atoms. The third-order valence-electron chi connectivity index (χ3n) is 4.69. The lowest BCUT2D eigenvalue weighted by molar-refractivity contribution is -0.130. The van der Waals surface area contributed by atoms with Crippen LogP contribution in [0.4, 0.5) is 5.13 Å². The standard InChI is InChI=1S/C21H22BrN3O3S/c1-13-19(28-17-7-5-4-6-16(17)27-13)20(26)25(11-10-24(2)3)21-23-15-9-8-14(22)12-18(15)29-21/h4-9,12-13,19H,10-11H2,1-3H3. The van der Waals surface area contributed by atoms with Crippen molar-refractivity contribution in [2.45, 2.75) is 19.1 Å². The van der Waals surface area contributed by atoms with Crippen LogP contribution in [0.15, 0.2) is 46.9 Å². The van der Waals surface area contributed by atoms with E-state index in [1.165, 1.54) is 11.3 Å². The molecule has 1 amide bonds. The second kappa shape index (κ2) is 8.30. The van der Waals surface area contributed by atoms with E-state index in [1.54, 1.807) is 4.90 Å². The van der Waals surface area contributed by atoms with Crippen LogP contribution in [0.2, 0.25) is 0 Å². The highest BCUT2D eigenvalue weighted by atomic mass is 79.9. The summed E-state index contributed by atoms with van der Waals surface area (Å²) >= 11 is 5.00. The molecule has 2 unspecified atom stereocenters. The zero-order chi connectivity index (χ0) is 20.5. The Bertz CT molecular complexity index is 1040. The first-order valence-electron chi connectivity index (χ1n) is 9.37. The summed E-state index contributed by atoms with van der Waals surface area (Å²) in [5.41, 5.74) is 0.870. The number of fused-ring (bicyclic) bond motifs is 2. The predicted octanol–water partition coefficient (Wildman–Crippen LogP) is 4.18. The molecular weight excluding hydrogens is 454 g/mol. The van der Waals surface area contributed by atoms with Gasteiger partial charge in [-0.15, -0.1) is 0 Å². The first kappa shape index (κ1) is 20.1. The number of para-hydroxylation sites is 2. The summed E-state index contributed by atoms with van der Waals surface area (Å²) < 4.78 is 14.0. The average Bonchev–Trinajstić information content (AvgIpc) is 3.09. The number of aromatic nitrogens is 1. The van der Waals surface area contributed by atoms with E-state index in [4.69, 9.17) is 14.5 Å². The Hall–Kier alpha value is -2.16. The van der Waals surface area contributed by atoms with Gasteiger partial charge < -0.3 is 14.4 Å². The van der Waals surface area contributed by atoms with E-state index in [2.05, 4.69) is 15.9 Å². The Balaban J connectivity index is 1.66. The van der Waals surface area contributed by atoms with Crippen LogP contribution in [-0.4, -0.2) is 55.2 Å². The molecule has 3 aromatic rings. The smallest absolute Gasteiger partial charge is 0.273 e. The first-order chi connectivity index (χ1) is 13.9. The van der Waals surface area contributed by atoms with Crippen molar-refractivity contribution in [1.82, 2.24) is 9.88 Å². The van der Waals surface area contributed by atoms with Crippen molar-refractivity contribution in [3.8, 4) is 11.5 Å². The van der Waals surface area contributed by atoms with Gasteiger partial charge in [0.1, 0.15) is 6.10 Å². The molecule has 0 saturated carbocycles.